The van der Waals surface area contributed by atoms with Gasteiger partial charge in [0.2, 0.25) is 0 Å². The maximum Gasteiger partial charge on any atom is 0.0765 e. The predicted molar refractivity (Wildman–Crippen MR) is 82.2 cm³/mol. The lowest BCUT2D eigenvalue weighted by Gasteiger charge is -2.44. The molecular weight excluding hydrogens is 236 g/mol. The van der Waals surface area contributed by atoms with E-state index in [9.17, 15) is 0 Å². The van der Waals surface area contributed by atoms with Crippen molar-refractivity contribution in [1.82, 2.24) is 5.32 Å². The average molecular weight is 270 g/mol. The molecule has 1 rings (SSSR count). The molecule has 3 nitrogen and oxygen atoms in total. The van der Waals surface area contributed by atoms with Gasteiger partial charge in [0.15, 0.2) is 0 Å². The molecule has 0 heterocycles. The van der Waals surface area contributed by atoms with Crippen molar-refractivity contribution in [3.63, 3.8) is 0 Å². The number of rotatable bonds is 7. The number of nitrogens with two attached hydrogens (primary N) is 1. The van der Waals surface area contributed by atoms with Gasteiger partial charge in [-0.15, -0.1) is 0 Å². The molecule has 0 aliphatic heterocycles. The molecule has 3 heteroatoms. The number of nitrogens with one attached hydrogen (secondary N) is 1. The monoisotopic (exact) mass is 270 g/mol. The number of methoxy groups -OCH3 is 1. The van der Waals surface area contributed by atoms with Gasteiger partial charge in [0.1, 0.15) is 0 Å². The summed E-state index contributed by atoms with van der Waals surface area (Å²) in [6.45, 7) is 11.0. The van der Waals surface area contributed by atoms with Gasteiger partial charge in [-0.05, 0) is 37.1 Å². The normalized spacial score (nSPS) is 28.6. The van der Waals surface area contributed by atoms with Crippen LogP contribution in [0.5, 0.6) is 0 Å². The van der Waals surface area contributed by atoms with Crippen molar-refractivity contribution in [3.05, 3.63) is 0 Å². The van der Waals surface area contributed by atoms with Crippen molar-refractivity contribution in [3.8, 4) is 0 Å². The van der Waals surface area contributed by atoms with E-state index < -0.39 is 0 Å². The molecule has 19 heavy (non-hydrogen) atoms. The third-order valence-corrected chi connectivity index (χ3v) is 5.01. The molecule has 2 atom stereocenters. The Kier molecular flexibility index (Phi) is 6.78. The predicted octanol–water partition coefficient (Wildman–Crippen LogP) is 2.79. The highest BCUT2D eigenvalue weighted by molar-refractivity contribution is 4.99. The Bertz CT molecular complexity index is 247. The smallest absolute Gasteiger partial charge is 0.0765 e. The summed E-state index contributed by atoms with van der Waals surface area (Å²) in [6, 6.07) is 0. The van der Waals surface area contributed by atoms with Crippen molar-refractivity contribution in [1.29, 1.82) is 0 Å². The average Bonchev–Trinajstić information content (AvgIpc) is 2.38. The fourth-order valence-electron chi connectivity index (χ4n) is 3.62. The van der Waals surface area contributed by atoms with E-state index in [1.54, 1.807) is 0 Å². The molecule has 3 N–H and O–H groups in total. The summed E-state index contributed by atoms with van der Waals surface area (Å²) < 4.78 is 5.71. The van der Waals surface area contributed by atoms with Gasteiger partial charge in [0.25, 0.3) is 0 Å². The largest absolute Gasteiger partial charge is 0.379 e. The van der Waals surface area contributed by atoms with Crippen LogP contribution in [-0.2, 0) is 4.74 Å². The van der Waals surface area contributed by atoms with Crippen LogP contribution in [0.2, 0.25) is 0 Å². The van der Waals surface area contributed by atoms with Gasteiger partial charge in [0.05, 0.1) is 11.6 Å². The van der Waals surface area contributed by atoms with Crippen LogP contribution in [0.4, 0.5) is 0 Å². The van der Waals surface area contributed by atoms with E-state index >= 15 is 0 Å². The lowest BCUT2D eigenvalue weighted by Crippen LogP contribution is -2.62. The Morgan fingerprint density at radius 1 is 1.21 bits per heavy atom. The zero-order valence-corrected chi connectivity index (χ0v) is 13.5. The molecule has 1 aliphatic rings. The molecule has 114 valence electrons. The highest BCUT2D eigenvalue weighted by Gasteiger charge is 2.40. The Labute approximate surface area is 119 Å². The van der Waals surface area contributed by atoms with Crippen LogP contribution in [0.1, 0.15) is 53.4 Å². The summed E-state index contributed by atoms with van der Waals surface area (Å²) in [7, 11) is 1.82. The molecule has 1 fully saturated rings. The van der Waals surface area contributed by atoms with Gasteiger partial charge in [-0.1, -0.05) is 40.5 Å². The van der Waals surface area contributed by atoms with Gasteiger partial charge in [-0.2, -0.15) is 0 Å². The van der Waals surface area contributed by atoms with Crippen LogP contribution in [0.25, 0.3) is 0 Å². The van der Waals surface area contributed by atoms with Gasteiger partial charge in [-0.25, -0.2) is 0 Å². The van der Waals surface area contributed by atoms with E-state index in [4.69, 9.17) is 10.5 Å². The molecule has 0 aromatic heterocycles. The molecule has 0 amide bonds. The van der Waals surface area contributed by atoms with Gasteiger partial charge >= 0.3 is 0 Å². The summed E-state index contributed by atoms with van der Waals surface area (Å²) in [5.41, 5.74) is 6.10. The maximum atomic E-state index is 6.10. The minimum atomic E-state index is -0.00493. The molecule has 0 spiro atoms. The summed E-state index contributed by atoms with van der Waals surface area (Å²) >= 11 is 0. The molecule has 0 radical (unpaired) electrons. The van der Waals surface area contributed by atoms with E-state index in [-0.39, 0.29) is 11.6 Å². The first kappa shape index (κ1) is 16.9. The first-order chi connectivity index (χ1) is 8.96. The van der Waals surface area contributed by atoms with E-state index in [1.165, 1.54) is 12.8 Å². The third-order valence-electron chi connectivity index (χ3n) is 5.01. The Balaban J connectivity index is 2.69. The van der Waals surface area contributed by atoms with Crippen molar-refractivity contribution in [2.24, 2.45) is 23.5 Å². The molecule has 1 saturated carbocycles. The van der Waals surface area contributed by atoms with Crippen LogP contribution < -0.4 is 11.1 Å². The summed E-state index contributed by atoms with van der Waals surface area (Å²) in [6.07, 6.45) is 5.07. The summed E-state index contributed by atoms with van der Waals surface area (Å²) in [4.78, 5) is 0. The second-order valence-corrected chi connectivity index (χ2v) is 6.86. The fourth-order valence-corrected chi connectivity index (χ4v) is 3.62. The lowest BCUT2D eigenvalue weighted by molar-refractivity contribution is -0.0119. The SMILES string of the molecule is COC1CCCCC1(CN)NCC(C(C)C)C(C)C. The van der Waals surface area contributed by atoms with Crippen LogP contribution in [0, 0.1) is 17.8 Å². The van der Waals surface area contributed by atoms with Crippen LogP contribution >= 0.6 is 0 Å². The van der Waals surface area contributed by atoms with Crippen molar-refractivity contribution >= 4 is 0 Å². The molecule has 0 aromatic rings. The minimum Gasteiger partial charge on any atom is -0.379 e. The van der Waals surface area contributed by atoms with E-state index in [0.717, 1.165) is 19.4 Å². The molecule has 0 bridgehead atoms. The standard InChI is InChI=1S/C16H34N2O/c1-12(2)14(13(3)4)10-18-16(11-17)9-7-6-8-15(16)19-5/h12-15,18H,6-11,17H2,1-5H3. The first-order valence-corrected chi connectivity index (χ1v) is 7.94. The molecule has 1 aliphatic carbocycles. The van der Waals surface area contributed by atoms with Gasteiger partial charge in [0, 0.05) is 13.7 Å². The highest BCUT2D eigenvalue weighted by atomic mass is 16.5. The van der Waals surface area contributed by atoms with Crippen molar-refractivity contribution < 1.29 is 4.74 Å². The van der Waals surface area contributed by atoms with E-state index in [1.807, 2.05) is 7.11 Å². The third kappa shape index (κ3) is 4.17. The van der Waals surface area contributed by atoms with Gasteiger partial charge in [-0.3, -0.25) is 0 Å². The second kappa shape index (κ2) is 7.61. The van der Waals surface area contributed by atoms with Crippen molar-refractivity contribution in [2.75, 3.05) is 20.2 Å². The van der Waals surface area contributed by atoms with Crippen LogP contribution in [0.3, 0.4) is 0 Å². The Morgan fingerprint density at radius 3 is 2.32 bits per heavy atom. The quantitative estimate of drug-likeness (QED) is 0.748. The summed E-state index contributed by atoms with van der Waals surface area (Å²) in [5, 5.41) is 3.80. The van der Waals surface area contributed by atoms with E-state index in [0.29, 0.717) is 24.3 Å². The fraction of sp³-hybridized carbons (Fsp3) is 1.00. The first-order valence-electron chi connectivity index (χ1n) is 7.94. The topological polar surface area (TPSA) is 47.3 Å². The summed E-state index contributed by atoms with van der Waals surface area (Å²) in [5.74, 6) is 2.10. The molecule has 0 aromatic carbocycles. The molecule has 0 saturated heterocycles. The Morgan fingerprint density at radius 2 is 1.84 bits per heavy atom. The number of hydrogen-bond acceptors (Lipinski definition) is 3. The van der Waals surface area contributed by atoms with Crippen LogP contribution in [0.15, 0.2) is 0 Å². The zero-order valence-electron chi connectivity index (χ0n) is 13.5. The number of ether oxygens (including phenoxy) is 1. The Hall–Kier alpha value is -0.120. The zero-order chi connectivity index (χ0) is 14.5. The number of hydrogen-bond donors (Lipinski definition) is 2. The lowest BCUT2D eigenvalue weighted by atomic mass is 9.77. The second-order valence-electron chi connectivity index (χ2n) is 6.86. The van der Waals surface area contributed by atoms with E-state index in [2.05, 4.69) is 33.0 Å². The van der Waals surface area contributed by atoms with Crippen molar-refractivity contribution in [2.45, 2.75) is 65.0 Å². The molecule has 2 unspecified atom stereocenters. The highest BCUT2D eigenvalue weighted by Crippen LogP contribution is 2.31. The molecular formula is C16H34N2O. The minimum absolute atomic E-state index is 0.00493. The van der Waals surface area contributed by atoms with Gasteiger partial charge < -0.3 is 15.8 Å². The van der Waals surface area contributed by atoms with Crippen LogP contribution in [-0.4, -0.2) is 31.8 Å². The maximum absolute atomic E-state index is 6.10.